The zero-order valence-electron chi connectivity index (χ0n) is 13.3. The van der Waals surface area contributed by atoms with E-state index in [4.69, 9.17) is 4.74 Å². The van der Waals surface area contributed by atoms with E-state index in [1.165, 1.54) is 0 Å². The lowest BCUT2D eigenvalue weighted by molar-refractivity contribution is -0.140. The lowest BCUT2D eigenvalue weighted by Gasteiger charge is -2.18. The molecule has 118 valence electrons. The molecule has 0 saturated heterocycles. The minimum Gasteiger partial charge on any atom is -0.496 e. The summed E-state index contributed by atoms with van der Waals surface area (Å²) in [6, 6.07) is 11.6. The fraction of sp³-hybridized carbons (Fsp3) is 0.389. The highest BCUT2D eigenvalue weighted by Gasteiger charge is 2.18. The number of rotatable bonds is 7. The molecule has 4 heteroatoms. The highest BCUT2D eigenvalue weighted by molar-refractivity contribution is 5.85. The second kappa shape index (κ2) is 7.27. The van der Waals surface area contributed by atoms with Gasteiger partial charge in [0.1, 0.15) is 11.8 Å². The molecule has 2 aromatic rings. The van der Waals surface area contributed by atoms with Crippen molar-refractivity contribution in [2.75, 3.05) is 7.11 Å². The molecule has 0 saturated carbocycles. The first-order chi connectivity index (χ1) is 10.5. The molecule has 0 aromatic heterocycles. The fourth-order valence-electron chi connectivity index (χ4n) is 2.57. The minimum atomic E-state index is -0.812. The van der Waals surface area contributed by atoms with Gasteiger partial charge in [-0.1, -0.05) is 38.1 Å². The third-order valence-corrected chi connectivity index (χ3v) is 3.69. The van der Waals surface area contributed by atoms with Gasteiger partial charge in [-0.2, -0.15) is 0 Å². The smallest absolute Gasteiger partial charge is 0.320 e. The third kappa shape index (κ3) is 3.98. The normalized spacial score (nSPS) is 12.5. The van der Waals surface area contributed by atoms with E-state index in [9.17, 15) is 9.90 Å². The van der Waals surface area contributed by atoms with Crippen LogP contribution in [-0.2, 0) is 11.3 Å². The van der Waals surface area contributed by atoms with Crippen molar-refractivity contribution in [3.8, 4) is 5.75 Å². The van der Waals surface area contributed by atoms with E-state index >= 15 is 0 Å². The van der Waals surface area contributed by atoms with Gasteiger partial charge in [0.15, 0.2) is 0 Å². The van der Waals surface area contributed by atoms with E-state index in [0.29, 0.717) is 18.9 Å². The first-order valence-electron chi connectivity index (χ1n) is 7.53. The van der Waals surface area contributed by atoms with Crippen molar-refractivity contribution in [2.45, 2.75) is 32.9 Å². The first-order valence-corrected chi connectivity index (χ1v) is 7.53. The minimum absolute atomic E-state index is 0.326. The molecule has 0 heterocycles. The van der Waals surface area contributed by atoms with Crippen LogP contribution in [0.5, 0.6) is 5.75 Å². The summed E-state index contributed by atoms with van der Waals surface area (Å²) in [5, 5.41) is 14.7. The summed E-state index contributed by atoms with van der Waals surface area (Å²) in [5.41, 5.74) is 0.969. The lowest BCUT2D eigenvalue weighted by atomic mass is 10.0. The maximum Gasteiger partial charge on any atom is 0.320 e. The quantitative estimate of drug-likeness (QED) is 0.822. The Morgan fingerprint density at radius 2 is 1.86 bits per heavy atom. The van der Waals surface area contributed by atoms with Crippen LogP contribution < -0.4 is 10.1 Å². The molecule has 0 radical (unpaired) electrons. The van der Waals surface area contributed by atoms with Crippen LogP contribution in [0.1, 0.15) is 25.8 Å². The fourth-order valence-corrected chi connectivity index (χ4v) is 2.57. The Kier molecular flexibility index (Phi) is 5.39. The Balaban J connectivity index is 2.20. The van der Waals surface area contributed by atoms with E-state index in [1.54, 1.807) is 7.11 Å². The van der Waals surface area contributed by atoms with Crippen LogP contribution in [0, 0.1) is 5.92 Å². The van der Waals surface area contributed by atoms with Crippen LogP contribution in [0.4, 0.5) is 0 Å². The zero-order chi connectivity index (χ0) is 16.1. The van der Waals surface area contributed by atoms with Gasteiger partial charge in [0, 0.05) is 12.1 Å². The first kappa shape index (κ1) is 16.3. The van der Waals surface area contributed by atoms with Gasteiger partial charge in [-0.05, 0) is 35.2 Å². The molecule has 22 heavy (non-hydrogen) atoms. The predicted molar refractivity (Wildman–Crippen MR) is 88.2 cm³/mol. The monoisotopic (exact) mass is 301 g/mol. The van der Waals surface area contributed by atoms with Gasteiger partial charge in [-0.25, -0.2) is 0 Å². The third-order valence-electron chi connectivity index (χ3n) is 3.69. The number of hydrogen-bond acceptors (Lipinski definition) is 3. The largest absolute Gasteiger partial charge is 0.496 e. The van der Waals surface area contributed by atoms with Crippen molar-refractivity contribution >= 4 is 16.7 Å². The number of carboxylic acid groups (broad SMARTS) is 1. The predicted octanol–water partition coefficient (Wildman–Crippen LogP) is 3.44. The number of benzene rings is 2. The SMILES string of the molecule is COc1cc2ccccc2cc1CNC(CC(C)C)C(=O)O. The van der Waals surface area contributed by atoms with E-state index in [2.05, 4.69) is 11.4 Å². The molecular formula is C18H23NO3. The van der Waals surface area contributed by atoms with Gasteiger partial charge in [0.2, 0.25) is 0 Å². The summed E-state index contributed by atoms with van der Waals surface area (Å²) in [4.78, 5) is 11.3. The Labute approximate surface area is 131 Å². The molecule has 0 fully saturated rings. The number of carboxylic acids is 1. The summed E-state index contributed by atoms with van der Waals surface area (Å²) in [6.07, 6.45) is 0.602. The van der Waals surface area contributed by atoms with Crippen LogP contribution in [0.3, 0.4) is 0 Å². The topological polar surface area (TPSA) is 58.6 Å². The summed E-state index contributed by atoms with van der Waals surface area (Å²) >= 11 is 0. The summed E-state index contributed by atoms with van der Waals surface area (Å²) in [6.45, 7) is 4.51. The summed E-state index contributed by atoms with van der Waals surface area (Å²) < 4.78 is 5.44. The molecule has 0 amide bonds. The molecule has 2 rings (SSSR count). The number of aliphatic carboxylic acids is 1. The van der Waals surface area contributed by atoms with E-state index < -0.39 is 12.0 Å². The highest BCUT2D eigenvalue weighted by Crippen LogP contribution is 2.26. The van der Waals surface area contributed by atoms with Crippen molar-refractivity contribution < 1.29 is 14.6 Å². The zero-order valence-corrected chi connectivity index (χ0v) is 13.3. The molecule has 4 nitrogen and oxygen atoms in total. The highest BCUT2D eigenvalue weighted by atomic mass is 16.5. The van der Waals surface area contributed by atoms with Gasteiger partial charge in [-0.15, -0.1) is 0 Å². The van der Waals surface area contributed by atoms with E-state index in [1.807, 2.05) is 44.2 Å². The summed E-state index contributed by atoms with van der Waals surface area (Å²) in [7, 11) is 1.64. The Morgan fingerprint density at radius 3 is 2.41 bits per heavy atom. The van der Waals surface area contributed by atoms with Crippen molar-refractivity contribution in [3.63, 3.8) is 0 Å². The molecule has 1 unspecified atom stereocenters. The number of carbonyl (C=O) groups is 1. The van der Waals surface area contributed by atoms with Crippen molar-refractivity contribution in [1.29, 1.82) is 0 Å². The number of nitrogens with one attached hydrogen (secondary N) is 1. The van der Waals surface area contributed by atoms with Crippen LogP contribution in [0.2, 0.25) is 0 Å². The molecular weight excluding hydrogens is 278 g/mol. The number of hydrogen-bond donors (Lipinski definition) is 2. The second-order valence-electron chi connectivity index (χ2n) is 5.91. The van der Waals surface area contributed by atoms with Crippen molar-refractivity contribution in [2.24, 2.45) is 5.92 Å². The maximum atomic E-state index is 11.3. The second-order valence-corrected chi connectivity index (χ2v) is 5.91. The van der Waals surface area contributed by atoms with Gasteiger partial charge in [0.05, 0.1) is 7.11 Å². The standard InChI is InChI=1S/C18H23NO3/c1-12(2)8-16(18(20)21)19-11-15-9-13-6-4-5-7-14(13)10-17(15)22-3/h4-7,9-10,12,16,19H,8,11H2,1-3H3,(H,20,21). The molecule has 0 aliphatic rings. The van der Waals surface area contributed by atoms with Gasteiger partial charge < -0.3 is 15.2 Å². The van der Waals surface area contributed by atoms with Gasteiger partial charge >= 0.3 is 5.97 Å². The Morgan fingerprint density at radius 1 is 1.23 bits per heavy atom. The average molecular weight is 301 g/mol. The lowest BCUT2D eigenvalue weighted by Crippen LogP contribution is -2.37. The van der Waals surface area contributed by atoms with Crippen LogP contribution in [-0.4, -0.2) is 24.2 Å². The molecule has 0 spiro atoms. The molecule has 0 bridgehead atoms. The number of fused-ring (bicyclic) bond motifs is 1. The molecule has 2 N–H and O–H groups in total. The number of ether oxygens (including phenoxy) is 1. The van der Waals surface area contributed by atoms with Crippen molar-refractivity contribution in [3.05, 3.63) is 42.0 Å². The van der Waals surface area contributed by atoms with Gasteiger partial charge in [-0.3, -0.25) is 4.79 Å². The Hall–Kier alpha value is -2.07. The molecule has 1 atom stereocenters. The van der Waals surface area contributed by atoms with E-state index in [0.717, 1.165) is 22.1 Å². The summed E-state index contributed by atoms with van der Waals surface area (Å²) in [5.74, 6) is 0.292. The van der Waals surface area contributed by atoms with Gasteiger partial charge in [0.25, 0.3) is 0 Å². The molecule has 2 aromatic carbocycles. The average Bonchev–Trinajstić information content (AvgIpc) is 2.49. The Bertz CT molecular complexity index is 652. The van der Waals surface area contributed by atoms with Crippen molar-refractivity contribution in [1.82, 2.24) is 5.32 Å². The molecule has 0 aliphatic carbocycles. The van der Waals surface area contributed by atoms with Crippen LogP contribution >= 0.6 is 0 Å². The van der Waals surface area contributed by atoms with Crippen LogP contribution in [0.25, 0.3) is 10.8 Å². The number of methoxy groups -OCH3 is 1. The maximum absolute atomic E-state index is 11.3. The van der Waals surface area contributed by atoms with E-state index in [-0.39, 0.29) is 0 Å². The molecule has 0 aliphatic heterocycles. The van der Waals surface area contributed by atoms with Crippen LogP contribution in [0.15, 0.2) is 36.4 Å².